The van der Waals surface area contributed by atoms with Crippen LogP contribution < -0.4 is 9.64 Å². The van der Waals surface area contributed by atoms with Gasteiger partial charge in [0.15, 0.2) is 0 Å². The Hall–Kier alpha value is -1.34. The van der Waals surface area contributed by atoms with Gasteiger partial charge in [0.05, 0.1) is 24.6 Å². The van der Waals surface area contributed by atoms with Crippen LogP contribution in [0.3, 0.4) is 0 Å². The average Bonchev–Trinajstić information content (AvgIpc) is 2.78. The molecule has 1 atom stereocenters. The number of methoxy groups -OCH3 is 1. The fourth-order valence-electron chi connectivity index (χ4n) is 4.49. The third kappa shape index (κ3) is 4.62. The van der Waals surface area contributed by atoms with Crippen molar-refractivity contribution in [2.24, 2.45) is 5.92 Å². The van der Waals surface area contributed by atoms with Crippen molar-refractivity contribution in [1.29, 1.82) is 0 Å². The van der Waals surface area contributed by atoms with Crippen LogP contribution in [0.2, 0.25) is 0 Å². The van der Waals surface area contributed by atoms with E-state index in [2.05, 4.69) is 52.5 Å². The zero-order valence-electron chi connectivity index (χ0n) is 18.1. The van der Waals surface area contributed by atoms with E-state index in [1.807, 2.05) is 30.4 Å². The molecule has 1 unspecified atom stereocenters. The van der Waals surface area contributed by atoms with Crippen molar-refractivity contribution < 1.29 is 9.84 Å². The molecule has 2 aromatic carbocycles. The second-order valence-electron chi connectivity index (χ2n) is 8.17. The summed E-state index contributed by atoms with van der Waals surface area (Å²) in [6, 6.07) is 13.1. The molecule has 0 spiro atoms. The summed E-state index contributed by atoms with van der Waals surface area (Å²) in [6.07, 6.45) is 5.31. The van der Waals surface area contributed by atoms with Gasteiger partial charge in [0.2, 0.25) is 0 Å². The number of hydrogen-bond acceptors (Lipinski definition) is 6. The molecule has 0 aromatic heterocycles. The number of hydrogen-bond donors (Lipinski definition) is 1. The van der Waals surface area contributed by atoms with Crippen LogP contribution in [0.15, 0.2) is 51.1 Å². The van der Waals surface area contributed by atoms with E-state index in [4.69, 9.17) is 4.74 Å². The van der Waals surface area contributed by atoms with Gasteiger partial charge in [-0.25, -0.2) is 0 Å². The number of aliphatic hydroxyl groups is 1. The SMILES string of the molecule is COc1ccc2c(c1)N(CCCN1CCC(C(C)O)CC1)c1cccc(SC)c1S2. The number of anilines is 2. The van der Waals surface area contributed by atoms with Crippen molar-refractivity contribution in [2.45, 2.75) is 47.0 Å². The molecule has 2 heterocycles. The Morgan fingerprint density at radius 2 is 1.97 bits per heavy atom. The van der Waals surface area contributed by atoms with Gasteiger partial charge in [-0.3, -0.25) is 0 Å². The summed E-state index contributed by atoms with van der Waals surface area (Å²) in [6.45, 7) is 6.22. The number of fused-ring (bicyclic) bond motifs is 2. The highest BCUT2D eigenvalue weighted by molar-refractivity contribution is 8.02. The molecule has 0 radical (unpaired) electrons. The van der Waals surface area contributed by atoms with E-state index < -0.39 is 0 Å². The topological polar surface area (TPSA) is 35.9 Å². The summed E-state index contributed by atoms with van der Waals surface area (Å²) in [5.41, 5.74) is 2.55. The van der Waals surface area contributed by atoms with Crippen molar-refractivity contribution in [1.82, 2.24) is 4.90 Å². The molecule has 1 fully saturated rings. The molecule has 0 aliphatic carbocycles. The molecule has 1 N–H and O–H groups in total. The molecule has 1 saturated heterocycles. The minimum atomic E-state index is -0.174. The van der Waals surface area contributed by atoms with Crippen molar-refractivity contribution >= 4 is 34.9 Å². The lowest BCUT2D eigenvalue weighted by atomic mass is 9.92. The zero-order valence-corrected chi connectivity index (χ0v) is 19.8. The second kappa shape index (κ2) is 9.86. The summed E-state index contributed by atoms with van der Waals surface area (Å²) < 4.78 is 5.52. The van der Waals surface area contributed by atoms with Crippen molar-refractivity contribution in [3.63, 3.8) is 0 Å². The maximum Gasteiger partial charge on any atom is 0.121 e. The molecular formula is C24H32N2O2S2. The van der Waals surface area contributed by atoms with Crippen LogP contribution in [-0.2, 0) is 0 Å². The van der Waals surface area contributed by atoms with Gasteiger partial charge in [0, 0.05) is 27.3 Å². The average molecular weight is 445 g/mol. The van der Waals surface area contributed by atoms with Crippen LogP contribution in [0.5, 0.6) is 5.75 Å². The predicted molar refractivity (Wildman–Crippen MR) is 128 cm³/mol. The number of benzene rings is 2. The lowest BCUT2D eigenvalue weighted by molar-refractivity contribution is 0.0717. The first-order valence-electron chi connectivity index (χ1n) is 10.8. The third-order valence-electron chi connectivity index (χ3n) is 6.31. The fourth-order valence-corrected chi connectivity index (χ4v) is 6.45. The first-order valence-corrected chi connectivity index (χ1v) is 12.9. The monoisotopic (exact) mass is 444 g/mol. The van der Waals surface area contributed by atoms with E-state index in [1.54, 1.807) is 7.11 Å². The molecule has 0 saturated carbocycles. The maximum absolute atomic E-state index is 9.84. The van der Waals surface area contributed by atoms with Gasteiger partial charge in [-0.1, -0.05) is 17.8 Å². The summed E-state index contributed by atoms with van der Waals surface area (Å²) in [4.78, 5) is 9.03. The van der Waals surface area contributed by atoms with Gasteiger partial charge in [-0.05, 0) is 82.3 Å². The molecular weight excluding hydrogens is 412 g/mol. The predicted octanol–water partition coefficient (Wildman–Crippen LogP) is 5.50. The Morgan fingerprint density at radius 1 is 1.17 bits per heavy atom. The minimum absolute atomic E-state index is 0.174. The van der Waals surface area contributed by atoms with Gasteiger partial charge in [0.1, 0.15) is 5.75 Å². The van der Waals surface area contributed by atoms with Crippen LogP contribution in [0, 0.1) is 5.92 Å². The number of nitrogens with zero attached hydrogens (tertiary/aromatic N) is 2. The number of aliphatic hydroxyl groups excluding tert-OH is 1. The molecule has 162 valence electrons. The van der Waals surface area contributed by atoms with Gasteiger partial charge in [0.25, 0.3) is 0 Å². The second-order valence-corrected chi connectivity index (χ2v) is 10.1. The van der Waals surface area contributed by atoms with Crippen LogP contribution in [0.4, 0.5) is 11.4 Å². The zero-order chi connectivity index (χ0) is 21.1. The van der Waals surface area contributed by atoms with Crippen LogP contribution in [0.1, 0.15) is 26.2 Å². The number of thioether (sulfide) groups is 1. The summed E-state index contributed by atoms with van der Waals surface area (Å²) in [7, 11) is 1.73. The highest BCUT2D eigenvalue weighted by Crippen LogP contribution is 2.52. The van der Waals surface area contributed by atoms with Crippen molar-refractivity contribution in [2.75, 3.05) is 44.4 Å². The van der Waals surface area contributed by atoms with Gasteiger partial charge in [-0.15, -0.1) is 11.8 Å². The Labute approximate surface area is 189 Å². The molecule has 0 amide bonds. The quantitative estimate of drug-likeness (QED) is 0.568. The maximum atomic E-state index is 9.84. The first kappa shape index (κ1) is 21.9. The smallest absolute Gasteiger partial charge is 0.121 e. The van der Waals surface area contributed by atoms with E-state index in [-0.39, 0.29) is 6.10 Å². The molecule has 6 heteroatoms. The molecule has 4 rings (SSSR count). The molecule has 0 bridgehead atoms. The standard InChI is InChI=1S/C24H32N2O2S2/c1-17(27)18-10-14-25(15-11-18)12-5-13-26-20-6-4-7-23(29-3)24(20)30-22-9-8-19(28-2)16-21(22)26/h4,6-9,16-18,27H,5,10-15H2,1-3H3. The molecule has 2 aromatic rings. The molecule has 4 nitrogen and oxygen atoms in total. The van der Waals surface area contributed by atoms with Crippen LogP contribution in [0.25, 0.3) is 0 Å². The Bertz CT molecular complexity index is 864. The van der Waals surface area contributed by atoms with Gasteiger partial charge >= 0.3 is 0 Å². The van der Waals surface area contributed by atoms with Gasteiger partial charge in [-0.2, -0.15) is 0 Å². The van der Waals surface area contributed by atoms with Crippen LogP contribution >= 0.6 is 23.5 Å². The summed E-state index contributed by atoms with van der Waals surface area (Å²) in [5.74, 6) is 1.38. The number of ether oxygens (including phenoxy) is 1. The van der Waals surface area contributed by atoms with Crippen molar-refractivity contribution in [3.05, 3.63) is 36.4 Å². The van der Waals surface area contributed by atoms with Crippen molar-refractivity contribution in [3.8, 4) is 5.75 Å². The largest absolute Gasteiger partial charge is 0.497 e. The van der Waals surface area contributed by atoms with E-state index >= 15 is 0 Å². The number of likely N-dealkylation sites (tertiary alicyclic amines) is 1. The van der Waals surface area contributed by atoms with E-state index in [0.29, 0.717) is 5.92 Å². The lowest BCUT2D eigenvalue weighted by Crippen LogP contribution is -2.38. The Morgan fingerprint density at radius 3 is 2.67 bits per heavy atom. The van der Waals surface area contributed by atoms with Gasteiger partial charge < -0.3 is 19.6 Å². The first-order chi connectivity index (χ1) is 14.6. The van der Waals surface area contributed by atoms with Crippen LogP contribution in [-0.4, -0.2) is 55.7 Å². The Balaban J connectivity index is 1.50. The minimum Gasteiger partial charge on any atom is -0.497 e. The molecule has 2 aliphatic rings. The van der Waals surface area contributed by atoms with E-state index in [9.17, 15) is 5.11 Å². The fraction of sp³-hybridized carbons (Fsp3) is 0.500. The summed E-state index contributed by atoms with van der Waals surface area (Å²) >= 11 is 3.68. The highest BCUT2D eigenvalue weighted by Gasteiger charge is 2.26. The Kier molecular flexibility index (Phi) is 7.19. The molecule has 30 heavy (non-hydrogen) atoms. The van der Waals surface area contributed by atoms with E-state index in [0.717, 1.165) is 51.2 Å². The highest BCUT2D eigenvalue weighted by atomic mass is 32.2. The third-order valence-corrected chi connectivity index (χ3v) is 8.42. The van der Waals surface area contributed by atoms with E-state index in [1.165, 1.54) is 26.1 Å². The summed E-state index contributed by atoms with van der Waals surface area (Å²) in [5, 5.41) is 9.84. The lowest BCUT2D eigenvalue weighted by Gasteiger charge is -2.36. The number of rotatable bonds is 7. The normalized spacial score (nSPS) is 18.1. The molecule has 2 aliphatic heterocycles. The number of piperidine rings is 1.